The fourth-order valence-corrected chi connectivity index (χ4v) is 6.58. The number of piperidine rings is 1. The van der Waals surface area contributed by atoms with Crippen LogP contribution in [0, 0.1) is 0 Å². The molecule has 0 bridgehead atoms. The number of carbonyl (C=O) groups is 2. The molecule has 0 unspecified atom stereocenters. The Bertz CT molecular complexity index is 1460. The number of fused-ring (bicyclic) bond motifs is 1. The Labute approximate surface area is 219 Å². The molecule has 2 fully saturated rings. The third-order valence-corrected chi connectivity index (χ3v) is 9.11. The zero-order chi connectivity index (χ0) is 26.4. The molecule has 2 aliphatic heterocycles. The van der Waals surface area contributed by atoms with Crippen LogP contribution in [-0.4, -0.2) is 71.0 Å². The maximum absolute atomic E-state index is 14.1. The summed E-state index contributed by atoms with van der Waals surface area (Å²) in [5.74, 6) is -0.361. The highest BCUT2D eigenvalue weighted by Crippen LogP contribution is 2.28. The number of nitrogens with zero attached hydrogens (tertiary/aromatic N) is 3. The van der Waals surface area contributed by atoms with Gasteiger partial charge in [0.05, 0.1) is 17.1 Å². The summed E-state index contributed by atoms with van der Waals surface area (Å²) in [7, 11) is -3.02. The van der Waals surface area contributed by atoms with Crippen LogP contribution >= 0.6 is 11.6 Å². The standard InChI is InChI=1S/C26H28ClFN4O4S/c1-26(28)5-8-31(9-6-26)25(34)19-12-17-2-7-32(23(17)29-16-19)22-14-18(13-20(27)15-22)24(33)30-21-3-10-37(35,36)11-4-21/h2,7,12-16,21H,3-6,8-11H2,1H3,(H,30,33). The number of carbonyl (C=O) groups excluding carboxylic acids is 2. The van der Waals surface area contributed by atoms with Crippen molar-refractivity contribution in [2.24, 2.45) is 0 Å². The van der Waals surface area contributed by atoms with Gasteiger partial charge in [-0.2, -0.15) is 0 Å². The van der Waals surface area contributed by atoms with E-state index in [1.54, 1.807) is 46.9 Å². The van der Waals surface area contributed by atoms with Gasteiger partial charge in [0.2, 0.25) is 0 Å². The highest BCUT2D eigenvalue weighted by atomic mass is 35.5. The first-order chi connectivity index (χ1) is 17.5. The number of halogens is 2. The van der Waals surface area contributed by atoms with E-state index in [2.05, 4.69) is 10.3 Å². The van der Waals surface area contributed by atoms with E-state index in [1.807, 2.05) is 6.07 Å². The van der Waals surface area contributed by atoms with E-state index in [-0.39, 0.29) is 29.4 Å². The summed E-state index contributed by atoms with van der Waals surface area (Å²) >= 11 is 6.35. The van der Waals surface area contributed by atoms with E-state index >= 15 is 0 Å². The number of amides is 2. The molecule has 37 heavy (non-hydrogen) atoms. The second-order valence-electron chi connectivity index (χ2n) is 10.1. The van der Waals surface area contributed by atoms with Crippen LogP contribution in [0.4, 0.5) is 4.39 Å². The van der Waals surface area contributed by atoms with Gasteiger partial charge in [0, 0.05) is 53.2 Å². The third kappa shape index (κ3) is 5.65. The van der Waals surface area contributed by atoms with Gasteiger partial charge in [0.1, 0.15) is 21.2 Å². The minimum Gasteiger partial charge on any atom is -0.349 e. The molecule has 2 amide bonds. The highest BCUT2D eigenvalue weighted by Gasteiger charge is 2.32. The van der Waals surface area contributed by atoms with Gasteiger partial charge in [0.25, 0.3) is 11.8 Å². The monoisotopic (exact) mass is 546 g/mol. The molecule has 4 heterocycles. The number of benzene rings is 1. The number of hydrogen-bond acceptors (Lipinski definition) is 5. The predicted molar refractivity (Wildman–Crippen MR) is 140 cm³/mol. The van der Waals surface area contributed by atoms with Crippen LogP contribution in [0.1, 0.15) is 53.3 Å². The molecule has 11 heteroatoms. The van der Waals surface area contributed by atoms with Crippen LogP contribution in [0.25, 0.3) is 16.7 Å². The molecule has 2 saturated heterocycles. The van der Waals surface area contributed by atoms with E-state index in [9.17, 15) is 22.4 Å². The van der Waals surface area contributed by atoms with Gasteiger partial charge >= 0.3 is 0 Å². The molecule has 0 radical (unpaired) electrons. The summed E-state index contributed by atoms with van der Waals surface area (Å²) in [6.45, 7) is 2.31. The summed E-state index contributed by atoms with van der Waals surface area (Å²) in [6.07, 6.45) is 4.71. The number of sulfone groups is 1. The van der Waals surface area contributed by atoms with Crippen molar-refractivity contribution < 1.29 is 22.4 Å². The molecule has 0 saturated carbocycles. The zero-order valence-electron chi connectivity index (χ0n) is 20.4. The Balaban J connectivity index is 1.35. The number of alkyl halides is 1. The number of pyridine rings is 1. The van der Waals surface area contributed by atoms with E-state index in [4.69, 9.17) is 11.6 Å². The Kier molecular flexibility index (Phi) is 6.74. The van der Waals surface area contributed by atoms with Crippen LogP contribution in [-0.2, 0) is 9.84 Å². The van der Waals surface area contributed by atoms with Gasteiger partial charge in [0.15, 0.2) is 0 Å². The molecule has 1 N–H and O–H groups in total. The van der Waals surface area contributed by atoms with Crippen molar-refractivity contribution in [1.82, 2.24) is 19.8 Å². The molecule has 2 aliphatic rings. The van der Waals surface area contributed by atoms with Gasteiger partial charge in [-0.1, -0.05) is 11.6 Å². The smallest absolute Gasteiger partial charge is 0.255 e. The van der Waals surface area contributed by atoms with Crippen LogP contribution in [0.3, 0.4) is 0 Å². The second kappa shape index (κ2) is 9.72. The molecule has 3 aromatic rings. The van der Waals surface area contributed by atoms with Crippen molar-refractivity contribution >= 4 is 44.3 Å². The summed E-state index contributed by atoms with van der Waals surface area (Å²) < 4.78 is 39.2. The summed E-state index contributed by atoms with van der Waals surface area (Å²) in [5.41, 5.74) is 0.782. The summed E-state index contributed by atoms with van der Waals surface area (Å²) in [4.78, 5) is 32.0. The fraction of sp³-hybridized carbons (Fsp3) is 0.423. The van der Waals surface area contributed by atoms with Gasteiger partial charge in [-0.25, -0.2) is 17.8 Å². The minimum absolute atomic E-state index is 0.0667. The maximum Gasteiger partial charge on any atom is 0.255 e. The lowest BCUT2D eigenvalue weighted by Crippen LogP contribution is -2.43. The van der Waals surface area contributed by atoms with Crippen LogP contribution < -0.4 is 5.32 Å². The van der Waals surface area contributed by atoms with Crippen molar-refractivity contribution in [3.05, 3.63) is 58.9 Å². The first-order valence-corrected chi connectivity index (χ1v) is 14.5. The van der Waals surface area contributed by atoms with E-state index in [0.29, 0.717) is 66.3 Å². The fourth-order valence-electron chi connectivity index (χ4n) is 4.86. The quantitative estimate of drug-likeness (QED) is 0.534. The number of rotatable bonds is 4. The number of aromatic nitrogens is 2. The van der Waals surface area contributed by atoms with Gasteiger partial charge in [-0.3, -0.25) is 9.59 Å². The molecule has 0 atom stereocenters. The third-order valence-electron chi connectivity index (χ3n) is 7.18. The number of hydrogen-bond donors (Lipinski definition) is 1. The lowest BCUT2D eigenvalue weighted by Gasteiger charge is -2.34. The van der Waals surface area contributed by atoms with Gasteiger partial charge in [-0.05, 0) is 62.9 Å². The first-order valence-electron chi connectivity index (χ1n) is 12.3. The van der Waals surface area contributed by atoms with E-state index in [0.717, 1.165) is 5.39 Å². The Morgan fingerprint density at radius 3 is 2.51 bits per heavy atom. The van der Waals surface area contributed by atoms with Gasteiger partial charge in [-0.15, -0.1) is 0 Å². The lowest BCUT2D eigenvalue weighted by molar-refractivity contribution is 0.0503. The zero-order valence-corrected chi connectivity index (χ0v) is 22.0. The second-order valence-corrected chi connectivity index (χ2v) is 12.9. The normalized spacial score (nSPS) is 19.6. The highest BCUT2D eigenvalue weighted by molar-refractivity contribution is 7.91. The predicted octanol–water partition coefficient (Wildman–Crippen LogP) is 3.95. The number of likely N-dealkylation sites (tertiary alicyclic amines) is 1. The Morgan fingerprint density at radius 1 is 1.11 bits per heavy atom. The molecule has 5 rings (SSSR count). The maximum atomic E-state index is 14.1. The molecule has 196 valence electrons. The molecular formula is C26H28ClFN4O4S. The van der Waals surface area contributed by atoms with Crippen LogP contribution in [0.2, 0.25) is 5.02 Å². The van der Waals surface area contributed by atoms with E-state index in [1.165, 1.54) is 6.20 Å². The topological polar surface area (TPSA) is 101 Å². The van der Waals surface area contributed by atoms with Crippen molar-refractivity contribution in [3.8, 4) is 5.69 Å². The van der Waals surface area contributed by atoms with Crippen molar-refractivity contribution in [2.45, 2.75) is 44.3 Å². The molecule has 2 aromatic heterocycles. The molecule has 0 spiro atoms. The Hall–Kier alpha value is -2.98. The van der Waals surface area contributed by atoms with Crippen LogP contribution in [0.5, 0.6) is 0 Å². The average Bonchev–Trinajstić information content (AvgIpc) is 3.28. The largest absolute Gasteiger partial charge is 0.349 e. The summed E-state index contributed by atoms with van der Waals surface area (Å²) in [5, 5.41) is 4.02. The van der Waals surface area contributed by atoms with E-state index < -0.39 is 15.5 Å². The molecular weight excluding hydrogens is 519 g/mol. The summed E-state index contributed by atoms with van der Waals surface area (Å²) in [6, 6.07) is 8.37. The minimum atomic E-state index is -3.02. The van der Waals surface area contributed by atoms with Gasteiger partial charge < -0.3 is 14.8 Å². The molecule has 1 aromatic carbocycles. The molecule has 8 nitrogen and oxygen atoms in total. The van der Waals surface area contributed by atoms with Crippen LogP contribution in [0.15, 0.2) is 42.7 Å². The molecule has 0 aliphatic carbocycles. The van der Waals surface area contributed by atoms with Crippen molar-refractivity contribution in [3.63, 3.8) is 0 Å². The van der Waals surface area contributed by atoms with Crippen molar-refractivity contribution in [1.29, 1.82) is 0 Å². The average molecular weight is 547 g/mol. The first kappa shape index (κ1) is 25.7. The SMILES string of the molecule is CC1(F)CCN(C(=O)c2cnc3c(ccn3-c3cc(Cl)cc(C(=O)NC4CCS(=O)(=O)CC4)c3)c2)CC1. The number of nitrogens with one attached hydrogen (secondary N) is 1. The van der Waals surface area contributed by atoms with Crippen molar-refractivity contribution in [2.75, 3.05) is 24.6 Å². The lowest BCUT2D eigenvalue weighted by atomic mass is 9.95. The Morgan fingerprint density at radius 2 is 1.81 bits per heavy atom.